The average Bonchev–Trinajstić information content (AvgIpc) is 3.36. The Morgan fingerprint density at radius 2 is 2.00 bits per heavy atom. The quantitative estimate of drug-likeness (QED) is 0.234. The fraction of sp³-hybridized carbons (Fsp3) is 0.393. The lowest BCUT2D eigenvalue weighted by Gasteiger charge is -2.33. The van der Waals surface area contributed by atoms with Crippen molar-refractivity contribution < 1.29 is 29.1 Å². The summed E-state index contributed by atoms with van der Waals surface area (Å²) in [5, 5.41) is 37.9. The highest BCUT2D eigenvalue weighted by atomic mass is 19.1. The molecule has 12 nitrogen and oxygen atoms in total. The average molecular weight is 567 g/mol. The van der Waals surface area contributed by atoms with E-state index in [0.717, 1.165) is 6.42 Å². The van der Waals surface area contributed by atoms with Crippen molar-refractivity contribution >= 4 is 28.9 Å². The highest BCUT2D eigenvalue weighted by molar-refractivity contribution is 6.00. The molecule has 5 rings (SSSR count). The number of methoxy groups -OCH3 is 1. The third-order valence-electron chi connectivity index (χ3n) is 7.36. The summed E-state index contributed by atoms with van der Waals surface area (Å²) in [6.07, 6.45) is 3.61. The van der Waals surface area contributed by atoms with Gasteiger partial charge in [-0.25, -0.2) is 14.4 Å². The van der Waals surface area contributed by atoms with E-state index in [2.05, 4.69) is 20.6 Å². The highest BCUT2D eigenvalue weighted by Gasteiger charge is 2.28. The third kappa shape index (κ3) is 6.20. The van der Waals surface area contributed by atoms with E-state index in [1.54, 1.807) is 6.07 Å². The van der Waals surface area contributed by atoms with Crippen molar-refractivity contribution in [3.05, 3.63) is 64.1 Å². The fourth-order valence-electron chi connectivity index (χ4n) is 5.36. The number of aromatic nitrogens is 2. The highest BCUT2D eigenvalue weighted by Crippen LogP contribution is 2.38. The number of benzene rings is 1. The van der Waals surface area contributed by atoms with Crippen LogP contribution >= 0.6 is 0 Å². The Hall–Kier alpha value is -4.36. The van der Waals surface area contributed by atoms with Crippen LogP contribution in [0.4, 0.5) is 27.4 Å². The first-order valence-electron chi connectivity index (χ1n) is 13.4. The van der Waals surface area contributed by atoms with Crippen LogP contribution in [0.15, 0.2) is 42.6 Å². The number of carbonyl (C=O) groups is 1. The topological polar surface area (TPSA) is 163 Å². The van der Waals surface area contributed by atoms with Crippen LogP contribution in [0.3, 0.4) is 0 Å². The summed E-state index contributed by atoms with van der Waals surface area (Å²) in [6.45, 7) is 0.953. The number of anilines is 3. The van der Waals surface area contributed by atoms with Gasteiger partial charge in [0.05, 0.1) is 41.1 Å². The second-order valence-electron chi connectivity index (χ2n) is 10.2. The predicted octanol–water partition coefficient (Wildman–Crippen LogP) is 3.55. The Balaban J connectivity index is 1.49. The molecule has 3 atom stereocenters. The van der Waals surface area contributed by atoms with Gasteiger partial charge in [0.15, 0.2) is 5.69 Å². The summed E-state index contributed by atoms with van der Waals surface area (Å²) in [5.41, 5.74) is 0.100. The molecule has 3 aromatic rings. The normalized spacial score (nSPS) is 20.5. The van der Waals surface area contributed by atoms with Crippen LogP contribution < -0.4 is 20.3 Å². The van der Waals surface area contributed by atoms with Crippen LogP contribution in [0.25, 0.3) is 11.3 Å². The maximum absolute atomic E-state index is 14.8. The summed E-state index contributed by atoms with van der Waals surface area (Å²) in [5.74, 6) is -0.523. The van der Waals surface area contributed by atoms with Crippen molar-refractivity contribution in [2.24, 2.45) is 0 Å². The largest absolute Gasteiger partial charge is 0.496 e. The number of hydrogen-bond acceptors (Lipinski definition) is 10. The van der Waals surface area contributed by atoms with Crippen LogP contribution in [0.5, 0.6) is 5.75 Å². The minimum absolute atomic E-state index is 0.0898. The molecular formula is C28H31FN6O6. The van der Waals surface area contributed by atoms with Gasteiger partial charge in [0.1, 0.15) is 23.2 Å². The van der Waals surface area contributed by atoms with Crippen molar-refractivity contribution in [2.45, 2.75) is 50.4 Å². The number of piperidine rings is 1. The maximum atomic E-state index is 14.8. The van der Waals surface area contributed by atoms with Gasteiger partial charge in [0.2, 0.25) is 0 Å². The summed E-state index contributed by atoms with van der Waals surface area (Å²) in [6, 6.07) is 8.20. The maximum Gasteiger partial charge on any atom is 0.295 e. The molecule has 1 amide bonds. The monoisotopic (exact) mass is 566 g/mol. The first-order valence-corrected chi connectivity index (χ1v) is 13.4. The Bertz CT molecular complexity index is 1460. The number of β-amino-alcohol motifs (C(OH)–C–C–N with tert-alkyl or cyclic N) is 1. The zero-order valence-corrected chi connectivity index (χ0v) is 22.4. The number of aliphatic hydroxyl groups excluding tert-OH is 2. The third-order valence-corrected chi connectivity index (χ3v) is 7.36. The molecule has 1 aliphatic carbocycles. The zero-order chi connectivity index (χ0) is 29.1. The van der Waals surface area contributed by atoms with E-state index in [-0.39, 0.29) is 34.8 Å². The Kier molecular flexibility index (Phi) is 8.26. The Labute approximate surface area is 235 Å². The van der Waals surface area contributed by atoms with Gasteiger partial charge in [-0.05, 0) is 50.3 Å². The predicted molar refractivity (Wildman–Crippen MR) is 149 cm³/mol. The summed E-state index contributed by atoms with van der Waals surface area (Å²) in [4.78, 5) is 35.0. The van der Waals surface area contributed by atoms with Gasteiger partial charge in [-0.2, -0.15) is 0 Å². The molecule has 3 heterocycles. The lowest BCUT2D eigenvalue weighted by molar-refractivity contribution is -0.384. The van der Waals surface area contributed by atoms with Crippen LogP contribution in [-0.4, -0.2) is 69.5 Å². The first kappa shape index (κ1) is 28.2. The fourth-order valence-corrected chi connectivity index (χ4v) is 5.36. The van der Waals surface area contributed by atoms with Gasteiger partial charge in [-0.1, -0.05) is 6.07 Å². The van der Waals surface area contributed by atoms with Crippen molar-refractivity contribution in [2.75, 3.05) is 30.4 Å². The van der Waals surface area contributed by atoms with Crippen molar-refractivity contribution in [1.29, 1.82) is 0 Å². The molecule has 0 radical (unpaired) electrons. The molecule has 0 spiro atoms. The lowest BCUT2D eigenvalue weighted by Crippen LogP contribution is -2.40. The Morgan fingerprint density at radius 3 is 2.71 bits per heavy atom. The minimum Gasteiger partial charge on any atom is -0.496 e. The van der Waals surface area contributed by atoms with E-state index in [0.29, 0.717) is 55.8 Å². The van der Waals surface area contributed by atoms with Crippen molar-refractivity contribution in [1.82, 2.24) is 15.3 Å². The molecule has 1 aliphatic heterocycles. The zero-order valence-electron chi connectivity index (χ0n) is 22.4. The molecule has 1 saturated heterocycles. The lowest BCUT2D eigenvalue weighted by atomic mass is 10.1. The minimum atomic E-state index is -0.730. The molecule has 2 fully saturated rings. The number of ether oxygens (including phenoxy) is 1. The smallest absolute Gasteiger partial charge is 0.295 e. The van der Waals surface area contributed by atoms with E-state index < -0.39 is 28.6 Å². The molecular weight excluding hydrogens is 535 g/mol. The molecule has 13 heteroatoms. The van der Waals surface area contributed by atoms with E-state index in [1.165, 1.54) is 43.6 Å². The van der Waals surface area contributed by atoms with E-state index in [9.17, 15) is 29.5 Å². The standard InChI is InChI=1S/C28H31FN6O6/c1-41-23-6-2-5-20(29)26(23)27-21(35(39)40)9-10-24(33-27)32-25-13-22(34-11-3-4-18(37)15-34)19(14-30-25)28(38)31-16-7-8-17(36)12-16/h2,5-6,9-10,13-14,16-18,36-37H,3-4,7-8,11-12,15H2,1H3,(H,31,38)(H,30,32,33)/t16-,17-,18+/m1/s1. The summed E-state index contributed by atoms with van der Waals surface area (Å²) < 4.78 is 20.1. The van der Waals surface area contributed by atoms with Crippen molar-refractivity contribution in [3.8, 4) is 17.0 Å². The second-order valence-corrected chi connectivity index (χ2v) is 10.2. The number of amides is 1. The second kappa shape index (κ2) is 12.0. The van der Waals surface area contributed by atoms with Gasteiger partial charge in [-0.15, -0.1) is 0 Å². The first-order chi connectivity index (χ1) is 19.7. The van der Waals surface area contributed by atoms with E-state index >= 15 is 0 Å². The van der Waals surface area contributed by atoms with E-state index in [4.69, 9.17) is 4.74 Å². The van der Waals surface area contributed by atoms with Crippen LogP contribution in [0, 0.1) is 15.9 Å². The number of nitro groups is 1. The Morgan fingerprint density at radius 1 is 1.17 bits per heavy atom. The van der Waals surface area contributed by atoms with Crippen LogP contribution in [0.2, 0.25) is 0 Å². The molecule has 1 aromatic carbocycles. The number of pyridine rings is 2. The molecule has 1 saturated carbocycles. The van der Waals surface area contributed by atoms with Crippen LogP contribution in [0.1, 0.15) is 42.5 Å². The van der Waals surface area contributed by atoms with Gasteiger partial charge >= 0.3 is 0 Å². The SMILES string of the molecule is COc1cccc(F)c1-c1nc(Nc2cc(N3CCC[C@H](O)C3)c(C(=O)N[C@@H]3CC[C@@H](O)C3)cn2)ccc1[N+](=O)[O-]. The van der Waals surface area contributed by atoms with Crippen molar-refractivity contribution in [3.63, 3.8) is 0 Å². The molecule has 2 aliphatic rings. The van der Waals surface area contributed by atoms with E-state index in [1.807, 2.05) is 4.90 Å². The molecule has 2 aromatic heterocycles. The van der Waals surface area contributed by atoms with Crippen LogP contribution in [-0.2, 0) is 0 Å². The summed E-state index contributed by atoms with van der Waals surface area (Å²) >= 11 is 0. The molecule has 41 heavy (non-hydrogen) atoms. The number of nitrogens with one attached hydrogen (secondary N) is 2. The summed E-state index contributed by atoms with van der Waals surface area (Å²) in [7, 11) is 1.34. The van der Waals surface area contributed by atoms with Gasteiger partial charge in [0.25, 0.3) is 11.6 Å². The molecule has 216 valence electrons. The number of halogens is 1. The van der Waals surface area contributed by atoms with Gasteiger partial charge in [0, 0.05) is 37.5 Å². The number of hydrogen-bond donors (Lipinski definition) is 4. The molecule has 0 unspecified atom stereocenters. The number of rotatable bonds is 8. The van der Waals surface area contributed by atoms with Gasteiger partial charge in [-0.3, -0.25) is 14.9 Å². The van der Waals surface area contributed by atoms with Gasteiger partial charge < -0.3 is 30.5 Å². The molecule has 0 bridgehead atoms. The number of carbonyl (C=O) groups excluding carboxylic acids is 1. The number of nitrogens with zero attached hydrogens (tertiary/aromatic N) is 4. The number of aliphatic hydroxyl groups is 2. The molecule has 4 N–H and O–H groups in total.